The highest BCUT2D eigenvalue weighted by Gasteiger charge is 2.28. The number of hydrogen-bond acceptors (Lipinski definition) is 6. The summed E-state index contributed by atoms with van der Waals surface area (Å²) in [6.45, 7) is 2.71. The molecular formula is C28H23N3O3S2. The van der Waals surface area contributed by atoms with Gasteiger partial charge >= 0.3 is 0 Å². The van der Waals surface area contributed by atoms with Crippen molar-refractivity contribution in [2.45, 2.75) is 19.9 Å². The maximum Gasteiger partial charge on any atom is 0.262 e. The van der Waals surface area contributed by atoms with E-state index in [0.717, 1.165) is 47.9 Å². The van der Waals surface area contributed by atoms with Crippen molar-refractivity contribution >= 4 is 60.5 Å². The number of anilines is 1. The van der Waals surface area contributed by atoms with Gasteiger partial charge in [0.2, 0.25) is 5.91 Å². The van der Waals surface area contributed by atoms with Gasteiger partial charge in [-0.2, -0.15) is 0 Å². The van der Waals surface area contributed by atoms with Crippen LogP contribution >= 0.6 is 22.7 Å². The lowest BCUT2D eigenvalue weighted by Gasteiger charge is -2.26. The summed E-state index contributed by atoms with van der Waals surface area (Å²) in [7, 11) is 0. The van der Waals surface area contributed by atoms with Gasteiger partial charge in [-0.1, -0.05) is 42.5 Å². The summed E-state index contributed by atoms with van der Waals surface area (Å²) in [6, 6.07) is 21.9. The Labute approximate surface area is 216 Å². The van der Waals surface area contributed by atoms with Gasteiger partial charge in [-0.25, -0.2) is 4.98 Å². The zero-order valence-corrected chi connectivity index (χ0v) is 21.2. The van der Waals surface area contributed by atoms with Crippen LogP contribution in [0, 0.1) is 0 Å². The predicted octanol–water partition coefficient (Wildman–Crippen LogP) is 6.10. The van der Waals surface area contributed by atoms with Crippen molar-refractivity contribution < 1.29 is 14.3 Å². The summed E-state index contributed by atoms with van der Waals surface area (Å²) in [5.41, 5.74) is 3.08. The minimum absolute atomic E-state index is 0.0601. The molecule has 0 aliphatic carbocycles. The Balaban J connectivity index is 1.28. The second kappa shape index (κ2) is 9.37. The monoisotopic (exact) mass is 513 g/mol. The van der Waals surface area contributed by atoms with E-state index < -0.39 is 0 Å². The standard InChI is InChI=1S/C28H23N3O3S2/c1-17(32)31-13-12-21-24(15-31)36-28(26(21)27-29-22-8-4-5-9-23(22)35-27)30-25(33)16-34-20-11-10-18-6-2-3-7-19(18)14-20/h2-11,14H,12-13,15-16H2,1H3,(H,30,33). The number of nitrogens with zero attached hydrogens (tertiary/aromatic N) is 2. The third-order valence-electron chi connectivity index (χ3n) is 6.35. The van der Waals surface area contributed by atoms with Gasteiger partial charge in [-0.15, -0.1) is 22.7 Å². The fourth-order valence-corrected chi connectivity index (χ4v) is 6.92. The number of fused-ring (bicyclic) bond motifs is 3. The topological polar surface area (TPSA) is 71.5 Å². The fourth-order valence-electron chi connectivity index (χ4n) is 4.53. The Hall–Kier alpha value is -3.75. The van der Waals surface area contributed by atoms with Crippen molar-refractivity contribution in [3.63, 3.8) is 0 Å². The number of rotatable bonds is 5. The molecule has 0 saturated heterocycles. The number of benzene rings is 3. The van der Waals surface area contributed by atoms with Gasteiger partial charge in [0, 0.05) is 23.9 Å². The maximum atomic E-state index is 13.0. The molecule has 2 amide bonds. The number of aromatic nitrogens is 1. The largest absolute Gasteiger partial charge is 0.484 e. The Morgan fingerprint density at radius 1 is 1.03 bits per heavy atom. The molecule has 8 heteroatoms. The van der Waals surface area contributed by atoms with E-state index in [0.29, 0.717) is 18.8 Å². The number of ether oxygens (including phenoxy) is 1. The molecule has 0 fully saturated rings. The van der Waals surface area contributed by atoms with E-state index in [9.17, 15) is 9.59 Å². The summed E-state index contributed by atoms with van der Waals surface area (Å²) in [5, 5.41) is 6.91. The fraction of sp³-hybridized carbons (Fsp3) is 0.179. The second-order valence-electron chi connectivity index (χ2n) is 8.73. The normalized spacial score (nSPS) is 13.1. The number of hydrogen-bond donors (Lipinski definition) is 1. The molecule has 3 aromatic carbocycles. The number of amides is 2. The molecule has 0 radical (unpaired) electrons. The zero-order valence-electron chi connectivity index (χ0n) is 19.6. The van der Waals surface area contributed by atoms with Gasteiger partial charge in [0.15, 0.2) is 6.61 Å². The number of carbonyl (C=O) groups is 2. The smallest absolute Gasteiger partial charge is 0.262 e. The summed E-state index contributed by atoms with van der Waals surface area (Å²) < 4.78 is 6.92. The van der Waals surface area contributed by atoms with Crippen LogP contribution in [0.25, 0.3) is 31.6 Å². The first-order valence-electron chi connectivity index (χ1n) is 11.7. The molecule has 1 aliphatic heterocycles. The van der Waals surface area contributed by atoms with E-state index in [2.05, 4.69) is 11.4 Å². The number of para-hydroxylation sites is 1. The molecule has 2 aromatic heterocycles. The van der Waals surface area contributed by atoms with Crippen molar-refractivity contribution in [3.05, 3.63) is 77.2 Å². The third-order valence-corrected chi connectivity index (χ3v) is 8.54. The van der Waals surface area contributed by atoms with Crippen LogP contribution in [0.5, 0.6) is 5.75 Å². The zero-order chi connectivity index (χ0) is 24.6. The summed E-state index contributed by atoms with van der Waals surface area (Å²) in [5.74, 6) is 0.482. The van der Waals surface area contributed by atoms with Crippen molar-refractivity contribution in [2.75, 3.05) is 18.5 Å². The summed E-state index contributed by atoms with van der Waals surface area (Å²) in [6.07, 6.45) is 0.736. The first-order valence-corrected chi connectivity index (χ1v) is 13.4. The maximum absolute atomic E-state index is 13.0. The average Bonchev–Trinajstić information content (AvgIpc) is 3.47. The molecule has 1 aliphatic rings. The highest BCUT2D eigenvalue weighted by atomic mass is 32.1. The molecule has 1 N–H and O–H groups in total. The van der Waals surface area contributed by atoms with Crippen LogP contribution in [0.2, 0.25) is 0 Å². The van der Waals surface area contributed by atoms with E-state index in [-0.39, 0.29) is 18.4 Å². The number of carbonyl (C=O) groups excluding carboxylic acids is 2. The van der Waals surface area contributed by atoms with Gasteiger partial charge in [-0.3, -0.25) is 9.59 Å². The lowest BCUT2D eigenvalue weighted by molar-refractivity contribution is -0.129. The lowest BCUT2D eigenvalue weighted by Crippen LogP contribution is -2.33. The number of thiazole rings is 1. The molecule has 180 valence electrons. The number of thiophene rings is 1. The van der Waals surface area contributed by atoms with E-state index >= 15 is 0 Å². The van der Waals surface area contributed by atoms with Gasteiger partial charge < -0.3 is 15.0 Å². The Kier molecular flexibility index (Phi) is 5.91. The Morgan fingerprint density at radius 2 is 1.83 bits per heavy atom. The highest BCUT2D eigenvalue weighted by Crippen LogP contribution is 2.45. The van der Waals surface area contributed by atoms with Crippen LogP contribution in [0.3, 0.4) is 0 Å². The molecule has 0 bridgehead atoms. The van der Waals surface area contributed by atoms with Crippen LogP contribution in [0.1, 0.15) is 17.4 Å². The van der Waals surface area contributed by atoms with Gasteiger partial charge in [-0.05, 0) is 47.0 Å². The van der Waals surface area contributed by atoms with Gasteiger partial charge in [0.05, 0.1) is 16.8 Å². The van der Waals surface area contributed by atoms with Crippen LogP contribution in [-0.2, 0) is 22.6 Å². The molecule has 0 unspecified atom stereocenters. The first-order chi connectivity index (χ1) is 17.5. The molecule has 5 aromatic rings. The van der Waals surface area contributed by atoms with E-state index in [1.807, 2.05) is 65.6 Å². The average molecular weight is 514 g/mol. The minimum atomic E-state index is -0.229. The molecule has 3 heterocycles. The molecule has 6 rings (SSSR count). The van der Waals surface area contributed by atoms with E-state index in [1.165, 1.54) is 16.9 Å². The van der Waals surface area contributed by atoms with Crippen LogP contribution in [0.4, 0.5) is 5.00 Å². The van der Waals surface area contributed by atoms with Crippen molar-refractivity contribution in [1.82, 2.24) is 9.88 Å². The Morgan fingerprint density at radius 3 is 2.67 bits per heavy atom. The van der Waals surface area contributed by atoms with Gasteiger partial charge in [0.25, 0.3) is 5.91 Å². The van der Waals surface area contributed by atoms with Crippen LogP contribution < -0.4 is 10.1 Å². The molecule has 0 spiro atoms. The Bertz CT molecular complexity index is 1590. The highest BCUT2D eigenvalue weighted by molar-refractivity contribution is 7.22. The van der Waals surface area contributed by atoms with Crippen molar-refractivity contribution in [3.8, 4) is 16.3 Å². The molecule has 6 nitrogen and oxygen atoms in total. The second-order valence-corrected chi connectivity index (χ2v) is 10.9. The van der Waals surface area contributed by atoms with Crippen LogP contribution in [0.15, 0.2) is 66.7 Å². The van der Waals surface area contributed by atoms with Crippen molar-refractivity contribution in [2.24, 2.45) is 0 Å². The first kappa shape index (κ1) is 22.7. The molecular weight excluding hydrogens is 490 g/mol. The van der Waals surface area contributed by atoms with Crippen molar-refractivity contribution in [1.29, 1.82) is 0 Å². The SMILES string of the molecule is CC(=O)N1CCc2c(sc(NC(=O)COc3ccc4ccccc4c3)c2-c2nc3ccccc3s2)C1. The third kappa shape index (κ3) is 4.34. The summed E-state index contributed by atoms with van der Waals surface area (Å²) in [4.78, 5) is 32.8. The lowest BCUT2D eigenvalue weighted by atomic mass is 10.0. The molecule has 36 heavy (non-hydrogen) atoms. The van der Waals surface area contributed by atoms with E-state index in [1.54, 1.807) is 18.3 Å². The van der Waals surface area contributed by atoms with Crippen LogP contribution in [-0.4, -0.2) is 34.8 Å². The predicted molar refractivity (Wildman–Crippen MR) is 146 cm³/mol. The van der Waals surface area contributed by atoms with E-state index in [4.69, 9.17) is 9.72 Å². The minimum Gasteiger partial charge on any atom is -0.484 e. The quantitative estimate of drug-likeness (QED) is 0.308. The summed E-state index contributed by atoms with van der Waals surface area (Å²) >= 11 is 3.14. The molecule has 0 saturated carbocycles. The number of nitrogens with one attached hydrogen (secondary N) is 1. The molecule has 0 atom stereocenters. The van der Waals surface area contributed by atoms with Gasteiger partial charge in [0.1, 0.15) is 15.8 Å².